The molecule has 1 saturated heterocycles. The number of carbonyl (C=O) groups excluding carboxylic acids is 10. The summed E-state index contributed by atoms with van der Waals surface area (Å²) in [5.74, 6) is -4.04. The molecule has 9 amide bonds. The molecule has 1 aliphatic heterocycles. The molecular formula is C43H70N8O14. The van der Waals surface area contributed by atoms with Crippen LogP contribution in [-0.2, 0) is 52.7 Å². The summed E-state index contributed by atoms with van der Waals surface area (Å²) in [7, 11) is 1.43. The van der Waals surface area contributed by atoms with Crippen LogP contribution in [0.5, 0.6) is 0 Å². The number of amides is 9. The van der Waals surface area contributed by atoms with E-state index in [1.54, 1.807) is 19.1 Å². The molecule has 2 aliphatic rings. The number of hydrogen-bond acceptors (Lipinski definition) is 14. The molecule has 0 spiro atoms. The van der Waals surface area contributed by atoms with Gasteiger partial charge in [0.05, 0.1) is 5.41 Å². The Labute approximate surface area is 380 Å². The minimum absolute atomic E-state index is 0.00611. The van der Waals surface area contributed by atoms with Gasteiger partial charge in [-0.15, -0.1) is 5.06 Å². The van der Waals surface area contributed by atoms with Crippen LogP contribution in [0.3, 0.4) is 0 Å². The zero-order valence-corrected chi connectivity index (χ0v) is 38.2. The molecule has 1 aliphatic carbocycles. The Hall–Kier alpha value is -5.64. The van der Waals surface area contributed by atoms with E-state index in [1.807, 2.05) is 0 Å². The molecule has 1 heterocycles. The first-order valence-corrected chi connectivity index (χ1v) is 22.6. The second-order valence-electron chi connectivity index (χ2n) is 16.5. The Morgan fingerprint density at radius 2 is 1.17 bits per heavy atom. The fraction of sp³-hybridized carbons (Fsp3) is 0.721. The van der Waals surface area contributed by atoms with E-state index in [0.29, 0.717) is 112 Å². The summed E-state index contributed by atoms with van der Waals surface area (Å²) in [4.78, 5) is 128. The molecule has 0 aromatic carbocycles. The van der Waals surface area contributed by atoms with Crippen LogP contribution in [-0.4, -0.2) is 149 Å². The Kier molecular flexibility index (Phi) is 26.0. The van der Waals surface area contributed by atoms with Crippen molar-refractivity contribution in [2.24, 2.45) is 5.41 Å². The summed E-state index contributed by atoms with van der Waals surface area (Å²) in [6, 6.07) is 0. The minimum Gasteiger partial charge on any atom is -0.442 e. The van der Waals surface area contributed by atoms with Crippen LogP contribution >= 0.6 is 0 Å². The molecule has 22 nitrogen and oxygen atoms in total. The molecule has 0 radical (unpaired) electrons. The van der Waals surface area contributed by atoms with Crippen LogP contribution in [0.1, 0.15) is 136 Å². The van der Waals surface area contributed by atoms with Gasteiger partial charge in [-0.25, -0.2) is 19.7 Å². The number of nitrogens with one attached hydrogen (secondary N) is 4. The highest BCUT2D eigenvalue weighted by Crippen LogP contribution is 2.35. The molecule has 2 rings (SSSR count). The predicted molar refractivity (Wildman–Crippen MR) is 231 cm³/mol. The zero-order chi connectivity index (χ0) is 48.2. The van der Waals surface area contributed by atoms with Gasteiger partial charge < -0.3 is 35.7 Å². The van der Waals surface area contributed by atoms with Crippen LogP contribution in [0.2, 0.25) is 0 Å². The molecule has 366 valence electrons. The number of ether oxygens (including phenoxy) is 1. The highest BCUT2D eigenvalue weighted by Gasteiger charge is 2.41. The molecule has 65 heavy (non-hydrogen) atoms. The molecule has 6 N–H and O–H groups in total. The minimum atomic E-state index is -1.02. The number of unbranched alkanes of at least 4 members (excludes halogenated alkanes) is 6. The van der Waals surface area contributed by atoms with Gasteiger partial charge in [-0.05, 0) is 96.5 Å². The van der Waals surface area contributed by atoms with E-state index >= 15 is 0 Å². The third kappa shape index (κ3) is 23.2. The van der Waals surface area contributed by atoms with Crippen molar-refractivity contribution in [3.63, 3.8) is 0 Å². The molecule has 0 saturated carbocycles. The molecule has 2 atom stereocenters. The topological polar surface area (TPSA) is 291 Å². The van der Waals surface area contributed by atoms with Gasteiger partial charge in [-0.1, -0.05) is 6.08 Å². The monoisotopic (exact) mass is 923 g/mol. The molecule has 22 heteroatoms. The van der Waals surface area contributed by atoms with Crippen LogP contribution in [0.4, 0.5) is 4.79 Å². The quantitative estimate of drug-likeness (QED) is 0.0206. The highest BCUT2D eigenvalue weighted by atomic mass is 16.7. The number of imide groups is 1. The summed E-state index contributed by atoms with van der Waals surface area (Å²) in [6.45, 7) is 4.56. The van der Waals surface area contributed by atoms with Crippen LogP contribution in [0.15, 0.2) is 12.2 Å². The molecule has 0 bridgehead atoms. The zero-order valence-electron chi connectivity index (χ0n) is 38.2. The average Bonchev–Trinajstić information content (AvgIpc) is 3.58. The predicted octanol–water partition coefficient (Wildman–Crippen LogP) is 2.16. The summed E-state index contributed by atoms with van der Waals surface area (Å²) in [6.07, 6.45) is 9.08. The van der Waals surface area contributed by atoms with Gasteiger partial charge in [0.2, 0.25) is 35.4 Å². The maximum atomic E-state index is 12.9. The third-order valence-electron chi connectivity index (χ3n) is 10.8. The summed E-state index contributed by atoms with van der Waals surface area (Å²) in [5, 5.41) is 32.0. The SMILES string of the molecule is CC(=O)N(O)CCCCCNC(=O)CCC(=O)N(O)CCCCCNC(=O)CCC(=O)NCCCCCNC(=O)CN(C)C(=O)O[C@@H]1/C=C/CC[C@](C)(C(=O)ON2C(=O)CCC2=O)CC1. The molecule has 0 aromatic rings. The van der Waals surface area contributed by atoms with Crippen LogP contribution in [0.25, 0.3) is 0 Å². The number of nitrogens with zero attached hydrogens (tertiary/aromatic N) is 4. The van der Waals surface area contributed by atoms with E-state index in [4.69, 9.17) is 9.57 Å². The number of rotatable bonds is 29. The summed E-state index contributed by atoms with van der Waals surface area (Å²) < 4.78 is 5.58. The Morgan fingerprint density at radius 3 is 1.69 bits per heavy atom. The number of carbonyl (C=O) groups is 10. The fourth-order valence-electron chi connectivity index (χ4n) is 6.63. The van der Waals surface area contributed by atoms with Gasteiger partial charge in [0.25, 0.3) is 11.8 Å². The molecule has 0 aromatic heterocycles. The second-order valence-corrected chi connectivity index (χ2v) is 16.5. The number of likely N-dealkylation sites (N-methyl/N-ethyl adjacent to an activating group) is 1. The van der Waals surface area contributed by atoms with Crippen LogP contribution in [0, 0.1) is 5.41 Å². The van der Waals surface area contributed by atoms with Gasteiger partial charge in [0.1, 0.15) is 12.6 Å². The van der Waals surface area contributed by atoms with Gasteiger partial charge in [0, 0.05) is 91.8 Å². The Bertz CT molecular complexity index is 1650. The number of hydrogen-bond donors (Lipinski definition) is 6. The first-order chi connectivity index (χ1) is 30.9. The van der Waals surface area contributed by atoms with Crippen molar-refractivity contribution in [2.75, 3.05) is 52.9 Å². The highest BCUT2D eigenvalue weighted by molar-refractivity contribution is 6.01. The van der Waals surface area contributed by atoms with Gasteiger partial charge >= 0.3 is 12.1 Å². The van der Waals surface area contributed by atoms with Crippen molar-refractivity contribution in [3.8, 4) is 0 Å². The first-order valence-electron chi connectivity index (χ1n) is 22.6. The third-order valence-corrected chi connectivity index (χ3v) is 10.8. The van der Waals surface area contributed by atoms with E-state index in [0.717, 1.165) is 4.90 Å². The van der Waals surface area contributed by atoms with Gasteiger partial charge in [-0.3, -0.25) is 48.8 Å². The Balaban J connectivity index is 1.45. The standard InChI is InChI=1S/C43H70N8O14/c1-32(52)49(62)29-13-5-11-27-46-36(55)18-19-38(57)50(63)30-14-6-12-26-45-35(54)17-16-34(53)44-25-9-4-10-28-47-37(56)31-48(3)42(61)64-33-15-7-8-23-43(2,24-22-33)41(60)65-51-39(58)20-21-40(51)59/h7,15,33,62-63H,4-6,8-14,16-31H2,1-3H3,(H,44,53)(H,45,54)(H,46,55)(H,47,56)/b15-7+/t33-,43+/m1/s1. The number of hydroxylamine groups is 6. The molecule has 1 fully saturated rings. The molecule has 0 unspecified atom stereocenters. The van der Waals surface area contributed by atoms with Gasteiger partial charge in [-0.2, -0.15) is 0 Å². The fourth-order valence-corrected chi connectivity index (χ4v) is 6.63. The largest absolute Gasteiger partial charge is 0.442 e. The lowest BCUT2D eigenvalue weighted by molar-refractivity contribution is -0.205. The van der Waals surface area contributed by atoms with Crippen molar-refractivity contribution in [1.29, 1.82) is 0 Å². The van der Waals surface area contributed by atoms with Crippen LogP contribution < -0.4 is 21.3 Å². The maximum absolute atomic E-state index is 12.9. The lowest BCUT2D eigenvalue weighted by Gasteiger charge is -2.31. The normalized spacial score (nSPS) is 17.5. The van der Waals surface area contributed by atoms with E-state index in [2.05, 4.69) is 21.3 Å². The number of allylic oxidation sites excluding steroid dienone is 1. The van der Waals surface area contributed by atoms with Crippen molar-refractivity contribution < 1.29 is 67.9 Å². The van der Waals surface area contributed by atoms with Crippen molar-refractivity contribution in [3.05, 3.63) is 12.2 Å². The lowest BCUT2D eigenvalue weighted by atomic mass is 9.79. The lowest BCUT2D eigenvalue weighted by Crippen LogP contribution is -2.41. The summed E-state index contributed by atoms with van der Waals surface area (Å²) >= 11 is 0. The van der Waals surface area contributed by atoms with E-state index in [9.17, 15) is 58.4 Å². The van der Waals surface area contributed by atoms with Crippen molar-refractivity contribution in [2.45, 2.75) is 142 Å². The van der Waals surface area contributed by atoms with Gasteiger partial charge in [0.15, 0.2) is 0 Å². The molecular weight excluding hydrogens is 853 g/mol. The van der Waals surface area contributed by atoms with E-state index < -0.39 is 47.2 Å². The first kappa shape index (κ1) is 55.5. The second kappa shape index (κ2) is 30.5. The summed E-state index contributed by atoms with van der Waals surface area (Å²) in [5.41, 5.74) is -1.02. The Morgan fingerprint density at radius 1 is 0.692 bits per heavy atom. The smallest absolute Gasteiger partial charge is 0.410 e. The van der Waals surface area contributed by atoms with E-state index in [-0.39, 0.29) is 94.6 Å². The maximum Gasteiger partial charge on any atom is 0.410 e. The van der Waals surface area contributed by atoms with Crippen molar-refractivity contribution in [1.82, 2.24) is 41.4 Å². The van der Waals surface area contributed by atoms with Crippen molar-refractivity contribution >= 4 is 59.3 Å². The van der Waals surface area contributed by atoms with E-state index in [1.165, 1.54) is 14.0 Å². The average molecular weight is 923 g/mol.